The van der Waals surface area contributed by atoms with Gasteiger partial charge in [0.15, 0.2) is 6.23 Å². The summed E-state index contributed by atoms with van der Waals surface area (Å²) in [6.07, 6.45) is 20.0. The van der Waals surface area contributed by atoms with E-state index in [0.717, 1.165) is 18.5 Å². The molecule has 1 aromatic rings. The first-order chi connectivity index (χ1) is 17.5. The first kappa shape index (κ1) is 32.1. The molecule has 0 saturated heterocycles. The molecular weight excluding hydrogens is 448 g/mol. The van der Waals surface area contributed by atoms with Gasteiger partial charge in [-0.1, -0.05) is 122 Å². The van der Waals surface area contributed by atoms with Gasteiger partial charge < -0.3 is 4.74 Å². The van der Waals surface area contributed by atoms with Gasteiger partial charge in [-0.2, -0.15) is 0 Å². The number of anilines is 1. The zero-order valence-electron chi connectivity index (χ0n) is 23.8. The SMILES string of the molecule is CCCCCCCCCCCCCCCCCC(=O)N(c1ccccc1)C(CC)OC(=O)CN(C)C. The predicted octanol–water partition coefficient (Wildman–Crippen LogP) is 8.12. The summed E-state index contributed by atoms with van der Waals surface area (Å²) < 4.78 is 5.70. The number of nitrogens with zero attached hydrogens (tertiary/aromatic N) is 2. The van der Waals surface area contributed by atoms with E-state index in [-0.39, 0.29) is 18.4 Å². The molecule has 1 amide bonds. The lowest BCUT2D eigenvalue weighted by molar-refractivity contribution is -0.150. The van der Waals surface area contributed by atoms with Gasteiger partial charge in [0.25, 0.3) is 0 Å². The van der Waals surface area contributed by atoms with Crippen LogP contribution in [0.5, 0.6) is 0 Å². The van der Waals surface area contributed by atoms with Crippen LogP contribution in [0.2, 0.25) is 0 Å². The Kier molecular flexibility index (Phi) is 19.0. The number of hydrogen-bond donors (Lipinski definition) is 0. The van der Waals surface area contributed by atoms with E-state index in [4.69, 9.17) is 4.74 Å². The fraction of sp³-hybridized carbons (Fsp3) is 0.742. The van der Waals surface area contributed by atoms with Gasteiger partial charge in [-0.15, -0.1) is 0 Å². The van der Waals surface area contributed by atoms with Crippen LogP contribution < -0.4 is 4.90 Å². The van der Waals surface area contributed by atoms with Gasteiger partial charge in [-0.25, -0.2) is 0 Å². The van der Waals surface area contributed by atoms with Gasteiger partial charge in [0.2, 0.25) is 5.91 Å². The lowest BCUT2D eigenvalue weighted by Crippen LogP contribution is -2.44. The normalized spacial score (nSPS) is 12.0. The number of rotatable bonds is 22. The van der Waals surface area contributed by atoms with Crippen molar-refractivity contribution in [2.24, 2.45) is 0 Å². The van der Waals surface area contributed by atoms with Crippen LogP contribution in [0.4, 0.5) is 5.69 Å². The highest BCUT2D eigenvalue weighted by Crippen LogP contribution is 2.22. The van der Waals surface area contributed by atoms with Crippen molar-refractivity contribution in [3.63, 3.8) is 0 Å². The standard InChI is InChI=1S/C31H54N2O3/c1-5-7-8-9-10-11-12-13-14-15-16-17-18-19-23-26-29(34)33(28-24-21-20-22-25-28)30(6-2)36-31(35)27-32(3)4/h20-22,24-25,30H,5-19,23,26-27H2,1-4H3. The summed E-state index contributed by atoms with van der Waals surface area (Å²) in [5.41, 5.74) is 0.785. The number of benzene rings is 1. The van der Waals surface area contributed by atoms with E-state index in [1.807, 2.05) is 51.4 Å². The lowest BCUT2D eigenvalue weighted by atomic mass is 10.0. The monoisotopic (exact) mass is 502 g/mol. The molecule has 1 rings (SSSR count). The summed E-state index contributed by atoms with van der Waals surface area (Å²) in [6.45, 7) is 4.42. The van der Waals surface area contributed by atoms with Crippen LogP contribution in [0, 0.1) is 0 Å². The molecular formula is C31H54N2O3. The number of hydrogen-bond acceptors (Lipinski definition) is 4. The van der Waals surface area contributed by atoms with E-state index >= 15 is 0 Å². The van der Waals surface area contributed by atoms with E-state index in [1.165, 1.54) is 83.5 Å². The Hall–Kier alpha value is -1.88. The van der Waals surface area contributed by atoms with Crippen molar-refractivity contribution in [1.29, 1.82) is 0 Å². The quantitative estimate of drug-likeness (QED) is 0.0912. The number of carbonyl (C=O) groups is 2. The highest BCUT2D eigenvalue weighted by molar-refractivity contribution is 5.94. The zero-order valence-corrected chi connectivity index (χ0v) is 23.8. The second kappa shape index (κ2) is 21.2. The lowest BCUT2D eigenvalue weighted by Gasteiger charge is -2.31. The second-order valence-corrected chi connectivity index (χ2v) is 10.4. The summed E-state index contributed by atoms with van der Waals surface area (Å²) in [5.74, 6) is -0.284. The zero-order chi connectivity index (χ0) is 26.4. The number of para-hydroxylation sites is 1. The Morgan fingerprint density at radius 3 is 1.64 bits per heavy atom. The number of amides is 1. The number of carbonyl (C=O) groups excluding carboxylic acids is 2. The highest BCUT2D eigenvalue weighted by Gasteiger charge is 2.27. The van der Waals surface area contributed by atoms with E-state index in [1.54, 1.807) is 9.80 Å². The molecule has 0 aromatic heterocycles. The molecule has 5 heteroatoms. The van der Waals surface area contributed by atoms with Crippen LogP contribution in [0.25, 0.3) is 0 Å². The Bertz CT molecular complexity index is 678. The molecule has 0 aliphatic rings. The van der Waals surface area contributed by atoms with Gasteiger partial charge in [0, 0.05) is 18.5 Å². The topological polar surface area (TPSA) is 49.9 Å². The minimum atomic E-state index is -0.580. The summed E-state index contributed by atoms with van der Waals surface area (Å²) in [6, 6.07) is 9.58. The number of ether oxygens (including phenoxy) is 1. The van der Waals surface area contributed by atoms with Crippen molar-refractivity contribution < 1.29 is 14.3 Å². The maximum Gasteiger partial charge on any atom is 0.322 e. The predicted molar refractivity (Wildman–Crippen MR) is 152 cm³/mol. The largest absolute Gasteiger partial charge is 0.440 e. The Morgan fingerprint density at radius 1 is 0.722 bits per heavy atom. The smallest absolute Gasteiger partial charge is 0.322 e. The number of esters is 1. The van der Waals surface area contributed by atoms with Gasteiger partial charge in [-0.3, -0.25) is 19.4 Å². The number of unbranched alkanes of at least 4 members (excludes halogenated alkanes) is 14. The molecule has 0 aliphatic carbocycles. The third-order valence-corrected chi connectivity index (χ3v) is 6.65. The van der Waals surface area contributed by atoms with Crippen LogP contribution in [-0.4, -0.2) is 43.6 Å². The highest BCUT2D eigenvalue weighted by atomic mass is 16.6. The van der Waals surface area contributed by atoms with E-state index in [9.17, 15) is 9.59 Å². The second-order valence-electron chi connectivity index (χ2n) is 10.4. The van der Waals surface area contributed by atoms with Crippen molar-refractivity contribution in [2.45, 2.75) is 129 Å². The van der Waals surface area contributed by atoms with Crippen molar-refractivity contribution in [3.8, 4) is 0 Å². The molecule has 0 fully saturated rings. The summed E-state index contributed by atoms with van der Waals surface area (Å²) >= 11 is 0. The molecule has 36 heavy (non-hydrogen) atoms. The van der Waals surface area contributed by atoms with Gasteiger partial charge in [-0.05, 0) is 32.6 Å². The first-order valence-corrected chi connectivity index (χ1v) is 14.7. The Balaban J connectivity index is 2.29. The van der Waals surface area contributed by atoms with E-state index < -0.39 is 6.23 Å². The molecule has 0 N–H and O–H groups in total. The maximum atomic E-state index is 13.2. The molecule has 5 nitrogen and oxygen atoms in total. The Labute approximate surface area is 222 Å². The summed E-state index contributed by atoms with van der Waals surface area (Å²) in [7, 11) is 3.66. The van der Waals surface area contributed by atoms with Crippen molar-refractivity contribution in [1.82, 2.24) is 4.90 Å². The minimum absolute atomic E-state index is 0.0281. The molecule has 0 bridgehead atoms. The molecule has 206 valence electrons. The van der Waals surface area contributed by atoms with E-state index in [2.05, 4.69) is 6.92 Å². The fourth-order valence-electron chi connectivity index (χ4n) is 4.59. The molecule has 0 aliphatic heterocycles. The van der Waals surface area contributed by atoms with Crippen molar-refractivity contribution in [3.05, 3.63) is 30.3 Å². The summed E-state index contributed by atoms with van der Waals surface area (Å²) in [5, 5.41) is 0. The van der Waals surface area contributed by atoms with Crippen LogP contribution >= 0.6 is 0 Å². The molecule has 1 aromatic carbocycles. The van der Waals surface area contributed by atoms with Crippen molar-refractivity contribution >= 4 is 17.6 Å². The third-order valence-electron chi connectivity index (χ3n) is 6.65. The molecule has 0 saturated carbocycles. The molecule has 0 radical (unpaired) electrons. The van der Waals surface area contributed by atoms with Crippen LogP contribution in [-0.2, 0) is 14.3 Å². The average molecular weight is 503 g/mol. The molecule has 0 heterocycles. The van der Waals surface area contributed by atoms with Crippen LogP contribution in [0.1, 0.15) is 123 Å². The van der Waals surface area contributed by atoms with Crippen LogP contribution in [0.15, 0.2) is 30.3 Å². The Morgan fingerprint density at radius 2 is 1.19 bits per heavy atom. The van der Waals surface area contributed by atoms with Gasteiger partial charge in [0.05, 0.1) is 6.54 Å². The van der Waals surface area contributed by atoms with Gasteiger partial charge in [0.1, 0.15) is 0 Å². The van der Waals surface area contributed by atoms with E-state index in [0.29, 0.717) is 12.8 Å². The minimum Gasteiger partial charge on any atom is -0.440 e. The van der Waals surface area contributed by atoms with Gasteiger partial charge >= 0.3 is 5.97 Å². The maximum absolute atomic E-state index is 13.2. The first-order valence-electron chi connectivity index (χ1n) is 14.7. The number of likely N-dealkylation sites (N-methyl/N-ethyl adjacent to an activating group) is 1. The average Bonchev–Trinajstić information content (AvgIpc) is 2.86. The molecule has 1 atom stereocenters. The van der Waals surface area contributed by atoms with Crippen molar-refractivity contribution in [2.75, 3.05) is 25.5 Å². The summed E-state index contributed by atoms with van der Waals surface area (Å²) in [4.78, 5) is 28.9. The molecule has 1 unspecified atom stereocenters. The molecule has 0 spiro atoms. The van der Waals surface area contributed by atoms with Crippen LogP contribution in [0.3, 0.4) is 0 Å². The third kappa shape index (κ3) is 15.3. The fourth-order valence-corrected chi connectivity index (χ4v) is 4.59.